The number of aliphatic hydroxyl groups is 2. The van der Waals surface area contributed by atoms with Gasteiger partial charge in [-0.2, -0.15) is 5.10 Å². The number of hydrogen-bond donors (Lipinski definition) is 2. The van der Waals surface area contributed by atoms with Crippen LogP contribution in [0.3, 0.4) is 0 Å². The number of imidazole rings is 1. The van der Waals surface area contributed by atoms with Crippen LogP contribution in [0.15, 0.2) is 46.9 Å². The largest absolute Gasteiger partial charge is 0.462 e. The molecule has 168 valence electrons. The van der Waals surface area contributed by atoms with Crippen LogP contribution < -0.4 is 4.90 Å². The molecule has 1 atom stereocenters. The minimum atomic E-state index is -1.31. The fourth-order valence-electron chi connectivity index (χ4n) is 3.79. The first-order valence-electron chi connectivity index (χ1n) is 10.7. The molecule has 0 radical (unpaired) electrons. The Labute approximate surface area is 192 Å². The number of aromatic nitrogens is 4. The second-order valence-electron chi connectivity index (χ2n) is 7.52. The van der Waals surface area contributed by atoms with Gasteiger partial charge in [0.25, 0.3) is 0 Å². The number of benzene rings is 1. The van der Waals surface area contributed by atoms with Crippen molar-refractivity contribution in [1.82, 2.24) is 19.6 Å². The molecule has 1 aliphatic heterocycles. The SMILES string of the molecule is CCN(CC)c1ccc(/N=C2/C(C(O)C#CO)=Nn3c2nc(-c2cnccn2)c3C)c(C)c1. The monoisotopic (exact) mass is 443 g/mol. The van der Waals surface area contributed by atoms with E-state index in [0.717, 1.165) is 35.7 Å². The van der Waals surface area contributed by atoms with E-state index in [1.54, 1.807) is 29.4 Å². The molecule has 9 nitrogen and oxygen atoms in total. The van der Waals surface area contributed by atoms with E-state index in [9.17, 15) is 5.11 Å². The highest BCUT2D eigenvalue weighted by Gasteiger charge is 2.32. The molecule has 0 aliphatic carbocycles. The van der Waals surface area contributed by atoms with Crippen LogP contribution >= 0.6 is 0 Å². The molecule has 0 saturated heterocycles. The number of fused-ring (bicyclic) bond motifs is 1. The molecule has 3 aromatic rings. The third-order valence-electron chi connectivity index (χ3n) is 5.55. The number of aliphatic imine (C=N–C) groups is 1. The summed E-state index contributed by atoms with van der Waals surface area (Å²) < 4.78 is 1.61. The first kappa shape index (κ1) is 22.2. The normalized spacial score (nSPS) is 14.5. The molecule has 1 unspecified atom stereocenters. The number of rotatable bonds is 6. The summed E-state index contributed by atoms with van der Waals surface area (Å²) >= 11 is 0. The van der Waals surface area contributed by atoms with Crippen LogP contribution in [0.4, 0.5) is 11.4 Å². The molecule has 0 fully saturated rings. The number of hydrogen-bond acceptors (Lipinski definition) is 8. The van der Waals surface area contributed by atoms with Gasteiger partial charge in [0, 0.05) is 31.2 Å². The zero-order chi connectivity index (χ0) is 23.5. The van der Waals surface area contributed by atoms with Crippen molar-refractivity contribution in [2.75, 3.05) is 18.0 Å². The topological polar surface area (TPSA) is 112 Å². The van der Waals surface area contributed by atoms with Crippen molar-refractivity contribution >= 4 is 22.8 Å². The van der Waals surface area contributed by atoms with Gasteiger partial charge in [0.1, 0.15) is 28.9 Å². The Hall–Kier alpha value is -4.03. The lowest BCUT2D eigenvalue weighted by Crippen LogP contribution is -2.26. The predicted octanol–water partition coefficient (Wildman–Crippen LogP) is 2.84. The summed E-state index contributed by atoms with van der Waals surface area (Å²) in [5, 5.41) is 24.0. The van der Waals surface area contributed by atoms with Gasteiger partial charge in [-0.05, 0) is 57.4 Å². The van der Waals surface area contributed by atoms with Gasteiger partial charge in [0.15, 0.2) is 11.9 Å². The Bertz CT molecular complexity index is 1300. The van der Waals surface area contributed by atoms with Crippen LogP contribution in [0, 0.1) is 25.9 Å². The van der Waals surface area contributed by atoms with Crippen LogP contribution in [0.5, 0.6) is 0 Å². The van der Waals surface area contributed by atoms with Crippen molar-refractivity contribution < 1.29 is 10.2 Å². The van der Waals surface area contributed by atoms with Crippen molar-refractivity contribution in [2.24, 2.45) is 10.1 Å². The molecule has 3 heterocycles. The third kappa shape index (κ3) is 4.08. The maximum Gasteiger partial charge on any atom is 0.182 e. The van der Waals surface area contributed by atoms with E-state index in [-0.39, 0.29) is 5.71 Å². The van der Waals surface area contributed by atoms with Gasteiger partial charge in [-0.1, -0.05) is 0 Å². The molecule has 2 aromatic heterocycles. The molecule has 0 saturated carbocycles. The summed E-state index contributed by atoms with van der Waals surface area (Å²) in [6.07, 6.45) is 5.27. The van der Waals surface area contributed by atoms with Crippen molar-refractivity contribution in [3.63, 3.8) is 0 Å². The van der Waals surface area contributed by atoms with Crippen LogP contribution in [0.1, 0.15) is 30.9 Å². The van der Waals surface area contributed by atoms with Crippen LogP contribution in [-0.2, 0) is 0 Å². The van der Waals surface area contributed by atoms with Gasteiger partial charge < -0.3 is 15.1 Å². The zero-order valence-corrected chi connectivity index (χ0v) is 19.0. The first-order chi connectivity index (χ1) is 16.0. The summed E-state index contributed by atoms with van der Waals surface area (Å²) in [4.78, 5) is 20.3. The molecule has 1 aliphatic rings. The lowest BCUT2D eigenvalue weighted by molar-refractivity contribution is 0.298. The Balaban J connectivity index is 1.84. The molecular formula is C24H25N7O2. The Morgan fingerprint density at radius 3 is 2.61 bits per heavy atom. The fraction of sp³-hybridized carbons (Fsp3) is 0.292. The standard InChI is InChI=1S/C24H25N7O2/c1-5-30(6-2)17-7-8-18(15(3)13-17)27-23-22(20(33)9-12-32)29-31-16(4)21(28-24(23)31)19-14-25-10-11-26-19/h7-8,10-11,13-14,20,32-33H,5-6H2,1-4H3/b27-23-. The number of aryl methyl sites for hydroxylation is 1. The van der Waals surface area contributed by atoms with Crippen molar-refractivity contribution in [2.45, 2.75) is 33.8 Å². The van der Waals surface area contributed by atoms with E-state index in [1.807, 2.05) is 26.0 Å². The highest BCUT2D eigenvalue weighted by molar-refractivity contribution is 6.51. The van der Waals surface area contributed by atoms with Gasteiger partial charge >= 0.3 is 0 Å². The Morgan fingerprint density at radius 1 is 1.18 bits per heavy atom. The van der Waals surface area contributed by atoms with Crippen LogP contribution in [0.2, 0.25) is 0 Å². The van der Waals surface area contributed by atoms with Gasteiger partial charge in [-0.3, -0.25) is 9.97 Å². The highest BCUT2D eigenvalue weighted by Crippen LogP contribution is 2.29. The lowest BCUT2D eigenvalue weighted by atomic mass is 10.1. The van der Waals surface area contributed by atoms with Crippen LogP contribution in [-0.4, -0.2) is 60.5 Å². The van der Waals surface area contributed by atoms with E-state index in [0.29, 0.717) is 22.9 Å². The maximum atomic E-state index is 10.5. The summed E-state index contributed by atoms with van der Waals surface area (Å²) in [5.74, 6) is 2.79. The van der Waals surface area contributed by atoms with Crippen molar-refractivity contribution in [3.8, 4) is 23.4 Å². The van der Waals surface area contributed by atoms with Gasteiger partial charge in [-0.15, -0.1) is 0 Å². The van der Waals surface area contributed by atoms with Crippen molar-refractivity contribution in [3.05, 3.63) is 53.9 Å². The smallest absolute Gasteiger partial charge is 0.182 e. The quantitative estimate of drug-likeness (QED) is 0.567. The number of nitrogens with zero attached hydrogens (tertiary/aromatic N) is 7. The molecule has 4 rings (SSSR count). The molecule has 9 heteroatoms. The average Bonchev–Trinajstić information content (AvgIpc) is 3.34. The molecule has 33 heavy (non-hydrogen) atoms. The van der Waals surface area contributed by atoms with Gasteiger partial charge in [0.2, 0.25) is 0 Å². The van der Waals surface area contributed by atoms with E-state index < -0.39 is 6.10 Å². The summed E-state index contributed by atoms with van der Waals surface area (Å²) in [6.45, 7) is 9.91. The van der Waals surface area contributed by atoms with E-state index in [1.165, 1.54) is 0 Å². The average molecular weight is 444 g/mol. The second-order valence-corrected chi connectivity index (χ2v) is 7.52. The summed E-state index contributed by atoms with van der Waals surface area (Å²) in [6, 6.07) is 6.06. The first-order valence-corrected chi connectivity index (χ1v) is 10.7. The molecule has 0 amide bonds. The molecule has 0 bridgehead atoms. The van der Waals surface area contributed by atoms with E-state index >= 15 is 0 Å². The highest BCUT2D eigenvalue weighted by atomic mass is 16.3. The van der Waals surface area contributed by atoms with Gasteiger partial charge in [0.05, 0.1) is 17.6 Å². The molecule has 0 spiro atoms. The van der Waals surface area contributed by atoms with Gasteiger partial charge in [-0.25, -0.2) is 14.7 Å². The summed E-state index contributed by atoms with van der Waals surface area (Å²) in [5.41, 5.74) is 5.41. The van der Waals surface area contributed by atoms with Crippen LogP contribution in [0.25, 0.3) is 11.4 Å². The Morgan fingerprint density at radius 2 is 1.97 bits per heavy atom. The predicted molar refractivity (Wildman–Crippen MR) is 127 cm³/mol. The fourth-order valence-corrected chi connectivity index (χ4v) is 3.79. The van der Waals surface area contributed by atoms with E-state index in [2.05, 4.69) is 45.8 Å². The molecule has 1 aromatic carbocycles. The number of aliphatic hydroxyl groups excluding tert-OH is 2. The second kappa shape index (κ2) is 9.22. The maximum absolute atomic E-state index is 10.5. The lowest BCUT2D eigenvalue weighted by Gasteiger charge is -2.21. The molecule has 2 N–H and O–H groups in total. The van der Waals surface area contributed by atoms with Crippen molar-refractivity contribution in [1.29, 1.82) is 0 Å². The minimum Gasteiger partial charge on any atom is -0.462 e. The zero-order valence-electron chi connectivity index (χ0n) is 19.0. The number of anilines is 1. The Kier molecular flexibility index (Phi) is 6.20. The summed E-state index contributed by atoms with van der Waals surface area (Å²) in [7, 11) is 0. The third-order valence-corrected chi connectivity index (χ3v) is 5.55. The minimum absolute atomic E-state index is 0.222. The van der Waals surface area contributed by atoms with E-state index in [4.69, 9.17) is 15.1 Å². The molecular weight excluding hydrogens is 418 g/mol.